The van der Waals surface area contributed by atoms with Crippen molar-refractivity contribution in [3.8, 4) is 0 Å². The number of benzene rings is 1. The van der Waals surface area contributed by atoms with Gasteiger partial charge in [0.1, 0.15) is 0 Å². The van der Waals surface area contributed by atoms with Crippen LogP contribution in [0.4, 0.5) is 0 Å². The Labute approximate surface area is 188 Å². The largest absolute Gasteiger partial charge is 0.0689 e. The third kappa shape index (κ3) is 3.98. The molecular weight excluding hydrogens is 376 g/mol. The van der Waals surface area contributed by atoms with Crippen molar-refractivity contribution in [2.45, 2.75) is 116 Å². The van der Waals surface area contributed by atoms with Crippen LogP contribution in [0.2, 0.25) is 24.2 Å². The van der Waals surface area contributed by atoms with E-state index in [4.69, 9.17) is 0 Å². The molecule has 0 amide bonds. The second-order valence-corrected chi connectivity index (χ2v) is 18.5. The van der Waals surface area contributed by atoms with Crippen LogP contribution in [0.5, 0.6) is 0 Å². The van der Waals surface area contributed by atoms with Gasteiger partial charge in [0.05, 0.1) is 8.07 Å². The molecule has 0 bridgehead atoms. The van der Waals surface area contributed by atoms with Crippen LogP contribution in [0.15, 0.2) is 24.3 Å². The van der Waals surface area contributed by atoms with Crippen molar-refractivity contribution in [1.29, 1.82) is 0 Å². The van der Waals surface area contributed by atoms with Crippen molar-refractivity contribution in [3.63, 3.8) is 0 Å². The van der Waals surface area contributed by atoms with Gasteiger partial charge in [0.2, 0.25) is 0 Å². The second-order valence-electron chi connectivity index (χ2n) is 13.5. The smallest absolute Gasteiger partial charge is 0.0544 e. The van der Waals surface area contributed by atoms with Crippen LogP contribution < -0.4 is 0 Å². The molecule has 1 aromatic carbocycles. The van der Waals surface area contributed by atoms with Crippen molar-refractivity contribution in [3.05, 3.63) is 35.4 Å². The highest BCUT2D eigenvalue weighted by Crippen LogP contribution is 2.63. The number of fused-ring (bicyclic) bond motifs is 1. The summed E-state index contributed by atoms with van der Waals surface area (Å²) in [5.41, 5.74) is 5.50. The van der Waals surface area contributed by atoms with E-state index < -0.39 is 8.07 Å². The summed E-state index contributed by atoms with van der Waals surface area (Å²) in [6.07, 6.45) is 8.90. The molecule has 30 heavy (non-hydrogen) atoms. The highest BCUT2D eigenvalue weighted by atomic mass is 28.3. The first-order valence-electron chi connectivity index (χ1n) is 13.1. The van der Waals surface area contributed by atoms with E-state index in [0.29, 0.717) is 0 Å². The van der Waals surface area contributed by atoms with E-state index >= 15 is 0 Å². The maximum Gasteiger partial charge on any atom is 0.0544 e. The summed E-state index contributed by atoms with van der Waals surface area (Å²) in [5.74, 6) is 5.64. The van der Waals surface area contributed by atoms with Gasteiger partial charge in [-0.1, -0.05) is 91.7 Å². The fourth-order valence-corrected chi connectivity index (χ4v) is 15.1. The third-order valence-corrected chi connectivity index (χ3v) is 15.4. The highest BCUT2D eigenvalue weighted by Gasteiger charge is 2.55. The first-order valence-corrected chi connectivity index (χ1v) is 16.3. The lowest BCUT2D eigenvalue weighted by molar-refractivity contribution is 0.235. The van der Waals surface area contributed by atoms with E-state index in [0.717, 1.165) is 46.6 Å². The van der Waals surface area contributed by atoms with E-state index in [1.54, 1.807) is 5.56 Å². The van der Waals surface area contributed by atoms with Gasteiger partial charge in [-0.05, 0) is 88.8 Å². The summed E-state index contributed by atoms with van der Waals surface area (Å²) in [7, 11) is -1.28. The first kappa shape index (κ1) is 22.6. The zero-order valence-corrected chi connectivity index (χ0v) is 22.2. The van der Waals surface area contributed by atoms with Gasteiger partial charge in [0, 0.05) is 0 Å². The highest BCUT2D eigenvalue weighted by molar-refractivity contribution is 6.80. The molecule has 0 aliphatic heterocycles. The molecule has 0 nitrogen and oxygen atoms in total. The summed E-state index contributed by atoms with van der Waals surface area (Å²) in [6, 6.07) is 9.84. The van der Waals surface area contributed by atoms with Crippen LogP contribution in [0.3, 0.4) is 0 Å². The lowest BCUT2D eigenvalue weighted by atomic mass is 9.70. The third-order valence-electron chi connectivity index (χ3n) is 9.97. The van der Waals surface area contributed by atoms with Crippen molar-refractivity contribution in [2.24, 2.45) is 29.6 Å². The molecule has 3 saturated carbocycles. The van der Waals surface area contributed by atoms with Crippen LogP contribution >= 0.6 is 0 Å². The van der Waals surface area contributed by atoms with E-state index in [1.807, 2.05) is 0 Å². The van der Waals surface area contributed by atoms with Crippen LogP contribution in [0, 0.1) is 29.6 Å². The Morgan fingerprint density at radius 2 is 1.47 bits per heavy atom. The van der Waals surface area contributed by atoms with Crippen LogP contribution in [-0.4, -0.2) is 8.07 Å². The zero-order valence-electron chi connectivity index (χ0n) is 21.2. The molecule has 0 heterocycles. The number of hydrogen-bond acceptors (Lipinski definition) is 0. The Bertz CT molecular complexity index is 724. The van der Waals surface area contributed by atoms with Gasteiger partial charge < -0.3 is 0 Å². The number of hydrogen-bond donors (Lipinski definition) is 0. The maximum atomic E-state index is 2.80. The van der Waals surface area contributed by atoms with Gasteiger partial charge in [-0.3, -0.25) is 0 Å². The molecule has 168 valence electrons. The molecule has 0 aromatic heterocycles. The molecule has 0 spiro atoms. The minimum Gasteiger partial charge on any atom is -0.0689 e. The Balaban J connectivity index is 1.58. The molecular formula is C29H48Si. The van der Waals surface area contributed by atoms with Crippen LogP contribution in [0.1, 0.15) is 97.1 Å². The Morgan fingerprint density at radius 3 is 2.03 bits per heavy atom. The molecule has 1 aromatic rings. The molecule has 8 unspecified atom stereocenters. The Kier molecular flexibility index (Phi) is 6.10. The molecule has 0 saturated heterocycles. The summed E-state index contributed by atoms with van der Waals surface area (Å²) in [4.78, 5) is 0. The predicted octanol–water partition coefficient (Wildman–Crippen LogP) is 9.04. The monoisotopic (exact) mass is 424 g/mol. The SMILES string of the molecule is CC1CC(C)C([Si](C)(C)C2C(C)CC3C(c4ccc(C(C)(C)C)cc4)CCCC32)C1. The predicted molar refractivity (Wildman–Crippen MR) is 135 cm³/mol. The van der Waals surface area contributed by atoms with E-state index in [1.165, 1.54) is 44.1 Å². The van der Waals surface area contributed by atoms with E-state index in [9.17, 15) is 0 Å². The molecule has 3 fully saturated rings. The van der Waals surface area contributed by atoms with Crippen molar-refractivity contribution in [2.75, 3.05) is 0 Å². The molecule has 3 aliphatic rings. The van der Waals surface area contributed by atoms with Crippen LogP contribution in [0.25, 0.3) is 0 Å². The second kappa shape index (κ2) is 8.09. The minimum absolute atomic E-state index is 0.255. The van der Waals surface area contributed by atoms with Gasteiger partial charge in [-0.15, -0.1) is 0 Å². The molecule has 1 heteroatoms. The lowest BCUT2D eigenvalue weighted by Gasteiger charge is -2.46. The summed E-state index contributed by atoms with van der Waals surface area (Å²) in [5, 5.41) is 0. The minimum atomic E-state index is -1.28. The van der Waals surface area contributed by atoms with Gasteiger partial charge in [-0.25, -0.2) is 0 Å². The van der Waals surface area contributed by atoms with Crippen molar-refractivity contribution < 1.29 is 0 Å². The molecule has 0 radical (unpaired) electrons. The topological polar surface area (TPSA) is 0 Å². The average Bonchev–Trinajstić information content (AvgIpc) is 3.19. The Morgan fingerprint density at radius 1 is 0.800 bits per heavy atom. The summed E-state index contributed by atoms with van der Waals surface area (Å²) < 4.78 is 0. The van der Waals surface area contributed by atoms with Gasteiger partial charge in [0.15, 0.2) is 0 Å². The fraction of sp³-hybridized carbons (Fsp3) is 0.793. The maximum absolute atomic E-state index is 2.80. The number of rotatable bonds is 3. The van der Waals surface area contributed by atoms with Crippen molar-refractivity contribution >= 4 is 8.07 Å². The normalized spacial score (nSPS) is 39.9. The van der Waals surface area contributed by atoms with Gasteiger partial charge in [0.25, 0.3) is 0 Å². The molecule has 8 atom stereocenters. The molecule has 4 rings (SSSR count). The lowest BCUT2D eigenvalue weighted by Crippen LogP contribution is -2.44. The van der Waals surface area contributed by atoms with E-state index in [-0.39, 0.29) is 5.41 Å². The first-order chi connectivity index (χ1) is 14.0. The average molecular weight is 425 g/mol. The zero-order chi connectivity index (χ0) is 21.8. The molecule has 0 N–H and O–H groups in total. The summed E-state index contributed by atoms with van der Waals surface area (Å²) in [6.45, 7) is 20.3. The van der Waals surface area contributed by atoms with Gasteiger partial charge in [-0.2, -0.15) is 0 Å². The van der Waals surface area contributed by atoms with Crippen molar-refractivity contribution in [1.82, 2.24) is 0 Å². The van der Waals surface area contributed by atoms with Crippen LogP contribution in [-0.2, 0) is 5.41 Å². The van der Waals surface area contributed by atoms with Gasteiger partial charge >= 0.3 is 0 Å². The fourth-order valence-electron chi connectivity index (χ4n) is 8.86. The summed E-state index contributed by atoms with van der Waals surface area (Å²) >= 11 is 0. The quantitative estimate of drug-likeness (QED) is 0.424. The Hall–Kier alpha value is -0.563. The molecule has 3 aliphatic carbocycles. The standard InChI is InChI=1S/C29H48Si/c1-19-16-20(2)27(17-19)30(7,8)28-21(3)18-26-24(10-9-11-25(26)28)22-12-14-23(15-13-22)29(4,5)6/h12-15,19-21,24-28H,9-11,16-18H2,1-8H3. The van der Waals surface area contributed by atoms with E-state index in [2.05, 4.69) is 78.9 Å².